The van der Waals surface area contributed by atoms with Crippen molar-refractivity contribution in [3.05, 3.63) is 51.6 Å². The first kappa shape index (κ1) is 18.0. The number of nitrogens with zero attached hydrogens (tertiary/aromatic N) is 4. The summed E-state index contributed by atoms with van der Waals surface area (Å²) in [6.45, 7) is 5.74. The van der Waals surface area contributed by atoms with Crippen LogP contribution in [0.25, 0.3) is 22.6 Å². The number of benzene rings is 1. The number of nitrogens with two attached hydrogens (primary N) is 1. The third-order valence-corrected chi connectivity index (χ3v) is 3.83. The van der Waals surface area contributed by atoms with E-state index in [0.29, 0.717) is 22.6 Å². The van der Waals surface area contributed by atoms with Gasteiger partial charge >= 0.3 is 0 Å². The predicted octanol–water partition coefficient (Wildman–Crippen LogP) is 2.45. The Morgan fingerprint density at radius 1 is 1.12 bits per heavy atom. The first-order valence-corrected chi connectivity index (χ1v) is 7.44. The highest BCUT2D eigenvalue weighted by Gasteiger charge is 2.16. The lowest BCUT2D eigenvalue weighted by molar-refractivity contribution is 0.810. The lowest BCUT2D eigenvalue weighted by Crippen LogP contribution is -2.22. The maximum absolute atomic E-state index is 12.7. The molecule has 126 valence electrons. The minimum atomic E-state index is -0.219. The first-order chi connectivity index (χ1) is 10.9. The zero-order chi connectivity index (χ0) is 16.7. The molecular weight excluding hydrogens is 326 g/mol. The van der Waals surface area contributed by atoms with Crippen LogP contribution in [-0.4, -0.2) is 19.5 Å². The Balaban J connectivity index is 0.00000208. The molecule has 0 saturated heterocycles. The minimum absolute atomic E-state index is 0. The van der Waals surface area contributed by atoms with Gasteiger partial charge in [-0.25, -0.2) is 15.0 Å². The van der Waals surface area contributed by atoms with Gasteiger partial charge in [-0.15, -0.1) is 12.4 Å². The molecule has 24 heavy (non-hydrogen) atoms. The van der Waals surface area contributed by atoms with E-state index >= 15 is 0 Å². The van der Waals surface area contributed by atoms with Gasteiger partial charge < -0.3 is 5.73 Å². The van der Waals surface area contributed by atoms with Gasteiger partial charge in [-0.2, -0.15) is 0 Å². The van der Waals surface area contributed by atoms with E-state index in [1.807, 2.05) is 32.9 Å². The Labute approximate surface area is 146 Å². The zero-order valence-corrected chi connectivity index (χ0v) is 14.9. The third-order valence-electron chi connectivity index (χ3n) is 3.83. The van der Waals surface area contributed by atoms with Crippen molar-refractivity contribution in [1.29, 1.82) is 0 Å². The monoisotopic (exact) mass is 345 g/mol. The molecule has 7 heteroatoms. The number of rotatable bonds is 2. The molecule has 6 nitrogen and oxygen atoms in total. The fraction of sp³-hybridized carbons (Fsp3) is 0.294. The van der Waals surface area contributed by atoms with E-state index < -0.39 is 0 Å². The molecular formula is C17H20ClN5O. The molecule has 0 aliphatic heterocycles. The van der Waals surface area contributed by atoms with Crippen LogP contribution in [0.3, 0.4) is 0 Å². The average molecular weight is 346 g/mol. The van der Waals surface area contributed by atoms with Gasteiger partial charge in [0.05, 0.1) is 10.9 Å². The highest BCUT2D eigenvalue weighted by atomic mass is 35.5. The molecule has 0 bridgehead atoms. The molecule has 0 amide bonds. The van der Waals surface area contributed by atoms with E-state index in [1.165, 1.54) is 4.57 Å². The molecule has 0 saturated carbocycles. The highest BCUT2D eigenvalue weighted by molar-refractivity contribution is 5.85. The first-order valence-electron chi connectivity index (χ1n) is 7.44. The van der Waals surface area contributed by atoms with Crippen LogP contribution >= 0.6 is 12.4 Å². The van der Waals surface area contributed by atoms with Gasteiger partial charge in [0, 0.05) is 25.5 Å². The molecule has 0 radical (unpaired) electrons. The van der Waals surface area contributed by atoms with Crippen molar-refractivity contribution in [2.24, 2.45) is 12.8 Å². The van der Waals surface area contributed by atoms with Crippen LogP contribution in [0.5, 0.6) is 0 Å². The zero-order valence-electron chi connectivity index (χ0n) is 14.1. The minimum Gasteiger partial charge on any atom is -0.324 e. The lowest BCUT2D eigenvalue weighted by atomic mass is 10.0. The quantitative estimate of drug-likeness (QED) is 0.770. The lowest BCUT2D eigenvalue weighted by Gasteiger charge is -2.14. The van der Waals surface area contributed by atoms with Crippen molar-refractivity contribution in [3.63, 3.8) is 0 Å². The summed E-state index contributed by atoms with van der Waals surface area (Å²) < 4.78 is 1.48. The Kier molecular flexibility index (Phi) is 5.01. The molecule has 2 aromatic heterocycles. The van der Waals surface area contributed by atoms with Crippen LogP contribution in [0.15, 0.2) is 29.3 Å². The van der Waals surface area contributed by atoms with Crippen LogP contribution in [0.2, 0.25) is 0 Å². The number of hydrogen-bond donors (Lipinski definition) is 1. The molecule has 0 fully saturated rings. The molecule has 0 spiro atoms. The Bertz CT molecular complexity index is 948. The van der Waals surface area contributed by atoms with Crippen molar-refractivity contribution >= 4 is 23.3 Å². The van der Waals surface area contributed by atoms with E-state index in [-0.39, 0.29) is 24.0 Å². The molecule has 0 aliphatic carbocycles. The Hall–Kier alpha value is -2.31. The Morgan fingerprint density at radius 3 is 2.33 bits per heavy atom. The SMILES string of the molecule is Cc1cnc(-c2nc3c(C(C)N)cc(C)cc3c(=O)n2C)nc1.Cl. The topological polar surface area (TPSA) is 86.7 Å². The molecule has 3 aromatic rings. The van der Waals surface area contributed by atoms with E-state index in [9.17, 15) is 4.79 Å². The van der Waals surface area contributed by atoms with Gasteiger partial charge in [0.15, 0.2) is 11.6 Å². The third kappa shape index (κ3) is 3.02. The highest BCUT2D eigenvalue weighted by Crippen LogP contribution is 2.23. The molecule has 1 unspecified atom stereocenters. The van der Waals surface area contributed by atoms with Crippen molar-refractivity contribution in [1.82, 2.24) is 19.5 Å². The van der Waals surface area contributed by atoms with E-state index in [4.69, 9.17) is 5.73 Å². The number of aromatic nitrogens is 4. The molecule has 0 aliphatic rings. The molecule has 2 N–H and O–H groups in total. The molecule has 3 rings (SSSR count). The van der Waals surface area contributed by atoms with Crippen molar-refractivity contribution in [3.8, 4) is 11.6 Å². The standard InChI is InChI=1S/C17H19N5O.ClH/c1-9-5-12(11(3)18)14-13(6-9)17(23)22(4)16(21-14)15-19-7-10(2)8-20-15;/h5-8,11H,18H2,1-4H3;1H. The van der Waals surface area contributed by atoms with Crippen LogP contribution in [0, 0.1) is 13.8 Å². The second kappa shape index (κ2) is 6.67. The van der Waals surface area contributed by atoms with Gasteiger partial charge in [0.25, 0.3) is 5.56 Å². The summed E-state index contributed by atoms with van der Waals surface area (Å²) in [5, 5.41) is 0.565. The maximum atomic E-state index is 12.7. The number of fused-ring (bicyclic) bond motifs is 1. The normalized spacial score (nSPS) is 12.0. The summed E-state index contributed by atoms with van der Waals surface area (Å²) in [5.74, 6) is 0.863. The summed E-state index contributed by atoms with van der Waals surface area (Å²) in [4.78, 5) is 26.0. The molecule has 1 aromatic carbocycles. The summed E-state index contributed by atoms with van der Waals surface area (Å²) in [7, 11) is 1.68. The summed E-state index contributed by atoms with van der Waals surface area (Å²) in [6.07, 6.45) is 3.42. The van der Waals surface area contributed by atoms with Crippen LogP contribution in [0.1, 0.15) is 29.7 Å². The predicted molar refractivity (Wildman–Crippen MR) is 97.3 cm³/mol. The summed E-state index contributed by atoms with van der Waals surface area (Å²) in [5.41, 5.74) is 9.35. The number of hydrogen-bond acceptors (Lipinski definition) is 5. The van der Waals surface area contributed by atoms with Crippen LogP contribution < -0.4 is 11.3 Å². The van der Waals surface area contributed by atoms with Gasteiger partial charge in [-0.05, 0) is 43.5 Å². The van der Waals surface area contributed by atoms with E-state index in [1.54, 1.807) is 19.4 Å². The second-order valence-electron chi connectivity index (χ2n) is 5.92. The van der Waals surface area contributed by atoms with Gasteiger partial charge in [-0.3, -0.25) is 9.36 Å². The smallest absolute Gasteiger partial charge is 0.261 e. The second-order valence-corrected chi connectivity index (χ2v) is 5.92. The van der Waals surface area contributed by atoms with Crippen molar-refractivity contribution in [2.45, 2.75) is 26.8 Å². The van der Waals surface area contributed by atoms with Gasteiger partial charge in [0.2, 0.25) is 0 Å². The van der Waals surface area contributed by atoms with Gasteiger partial charge in [-0.1, -0.05) is 6.07 Å². The Morgan fingerprint density at radius 2 is 1.75 bits per heavy atom. The van der Waals surface area contributed by atoms with Crippen LogP contribution in [-0.2, 0) is 7.05 Å². The van der Waals surface area contributed by atoms with Crippen molar-refractivity contribution in [2.75, 3.05) is 0 Å². The van der Waals surface area contributed by atoms with Gasteiger partial charge in [0.1, 0.15) is 0 Å². The van der Waals surface area contributed by atoms with E-state index in [0.717, 1.165) is 16.7 Å². The fourth-order valence-electron chi connectivity index (χ4n) is 2.61. The van der Waals surface area contributed by atoms with Crippen LogP contribution in [0.4, 0.5) is 0 Å². The summed E-state index contributed by atoms with van der Waals surface area (Å²) >= 11 is 0. The number of aryl methyl sites for hydroxylation is 2. The average Bonchev–Trinajstić information content (AvgIpc) is 2.51. The number of halogens is 1. The summed E-state index contributed by atoms with van der Waals surface area (Å²) in [6, 6.07) is 3.60. The maximum Gasteiger partial charge on any atom is 0.261 e. The van der Waals surface area contributed by atoms with Crippen molar-refractivity contribution < 1.29 is 0 Å². The molecule has 1 atom stereocenters. The fourth-order valence-corrected chi connectivity index (χ4v) is 2.61. The van der Waals surface area contributed by atoms with E-state index in [2.05, 4.69) is 15.0 Å². The largest absolute Gasteiger partial charge is 0.324 e. The molecule has 2 heterocycles.